The largest absolute Gasteiger partial charge is 0.341 e. The number of hydrogen-bond donors (Lipinski definition) is 10. The highest BCUT2D eigenvalue weighted by Gasteiger charge is 2.21. The molecule has 0 bridgehead atoms. The van der Waals surface area contributed by atoms with Crippen LogP contribution in [0.1, 0.15) is 11.1 Å². The first-order valence-electron chi connectivity index (χ1n) is 19.4. The third kappa shape index (κ3) is 11.3. The van der Waals surface area contributed by atoms with Crippen LogP contribution in [0.5, 0.6) is 0 Å². The topological polar surface area (TPSA) is 236 Å². The zero-order valence-electron chi connectivity index (χ0n) is 33.5. The fourth-order valence-corrected chi connectivity index (χ4v) is 7.71. The lowest BCUT2D eigenvalue weighted by Crippen LogP contribution is -2.44. The molecular weight excluding hydrogens is 857 g/mol. The van der Waals surface area contributed by atoms with Crippen LogP contribution in [-0.2, 0) is 20.2 Å². The molecular formula is C44H40N12O6S2. The van der Waals surface area contributed by atoms with E-state index in [4.69, 9.17) is 0 Å². The van der Waals surface area contributed by atoms with Crippen molar-refractivity contribution in [3.63, 3.8) is 0 Å². The molecule has 0 saturated carbocycles. The SMILES string of the molecule is O=S(=O)(O)c1cc(NN2N=C(Nc3ccccc3)C=C(Nc3ccccc3)N2)ccc1C=Cc1ccc(NN2N=C(Nc3ccccc3)C=C(Nc3ccccc3)N2)cc1S(=O)(=O)O. The van der Waals surface area contributed by atoms with Gasteiger partial charge < -0.3 is 21.3 Å². The van der Waals surface area contributed by atoms with Crippen LogP contribution in [0.15, 0.2) is 202 Å². The second-order valence-electron chi connectivity index (χ2n) is 13.9. The van der Waals surface area contributed by atoms with E-state index in [1.165, 1.54) is 59.0 Å². The fourth-order valence-electron chi connectivity index (χ4n) is 6.29. The smallest absolute Gasteiger partial charge is 0.295 e. The molecule has 0 fully saturated rings. The molecule has 324 valence electrons. The summed E-state index contributed by atoms with van der Waals surface area (Å²) in [7, 11) is -9.67. The lowest BCUT2D eigenvalue weighted by Gasteiger charge is -2.29. The fraction of sp³-hybridized carbons (Fsp3) is 0. The van der Waals surface area contributed by atoms with Gasteiger partial charge in [0, 0.05) is 34.9 Å². The minimum Gasteiger partial charge on any atom is -0.341 e. The Balaban J connectivity index is 1.02. The number of hydrazine groups is 4. The van der Waals surface area contributed by atoms with Crippen molar-refractivity contribution in [2.24, 2.45) is 10.2 Å². The van der Waals surface area contributed by atoms with E-state index in [-0.39, 0.29) is 22.5 Å². The van der Waals surface area contributed by atoms with E-state index in [9.17, 15) is 25.9 Å². The first-order chi connectivity index (χ1) is 30.9. The van der Waals surface area contributed by atoms with Gasteiger partial charge in [-0.2, -0.15) is 16.8 Å². The Morgan fingerprint density at radius 3 is 1.09 bits per heavy atom. The summed E-state index contributed by atoms with van der Waals surface area (Å²) in [6, 6.07) is 45.9. The average Bonchev–Trinajstić information content (AvgIpc) is 3.27. The van der Waals surface area contributed by atoms with Gasteiger partial charge in [0.1, 0.15) is 21.4 Å². The molecule has 0 radical (unpaired) electrons. The third-order valence-electron chi connectivity index (χ3n) is 9.12. The van der Waals surface area contributed by atoms with Crippen molar-refractivity contribution in [1.82, 2.24) is 21.3 Å². The maximum absolute atomic E-state index is 12.8. The van der Waals surface area contributed by atoms with Gasteiger partial charge in [0.05, 0.1) is 11.4 Å². The van der Waals surface area contributed by atoms with Gasteiger partial charge in [0.25, 0.3) is 20.2 Å². The van der Waals surface area contributed by atoms with Crippen LogP contribution in [0, 0.1) is 0 Å². The van der Waals surface area contributed by atoms with Crippen LogP contribution in [0.25, 0.3) is 12.2 Å². The van der Waals surface area contributed by atoms with E-state index >= 15 is 0 Å². The number of hydrogen-bond acceptors (Lipinski definition) is 16. The van der Waals surface area contributed by atoms with E-state index in [1.54, 1.807) is 12.2 Å². The number of para-hydroxylation sites is 4. The number of amidine groups is 2. The molecule has 0 aliphatic carbocycles. The first kappa shape index (κ1) is 42.4. The molecule has 2 aliphatic rings. The molecule has 0 atom stereocenters. The molecule has 2 aliphatic heterocycles. The summed E-state index contributed by atoms with van der Waals surface area (Å²) < 4.78 is 71.7. The number of hydrazone groups is 2. The van der Waals surface area contributed by atoms with Crippen molar-refractivity contribution in [2.45, 2.75) is 9.79 Å². The quantitative estimate of drug-likeness (QED) is 0.0379. The molecule has 0 saturated heterocycles. The van der Waals surface area contributed by atoms with Crippen LogP contribution in [-0.4, -0.2) is 48.1 Å². The maximum Gasteiger partial charge on any atom is 0.295 e. The Kier molecular flexibility index (Phi) is 12.4. The Bertz CT molecular complexity index is 2810. The molecule has 0 spiro atoms. The third-order valence-corrected chi connectivity index (χ3v) is 10.9. The average molecular weight is 897 g/mol. The van der Waals surface area contributed by atoms with Crippen molar-refractivity contribution < 1.29 is 25.9 Å². The lowest BCUT2D eigenvalue weighted by molar-refractivity contribution is 0.272. The molecule has 18 nitrogen and oxygen atoms in total. The highest BCUT2D eigenvalue weighted by atomic mass is 32.2. The highest BCUT2D eigenvalue weighted by molar-refractivity contribution is 7.86. The summed E-state index contributed by atoms with van der Waals surface area (Å²) in [5.74, 6) is 1.88. The van der Waals surface area contributed by atoms with E-state index in [1.807, 2.05) is 121 Å². The zero-order valence-corrected chi connectivity index (χ0v) is 35.1. The van der Waals surface area contributed by atoms with Gasteiger partial charge in [-0.15, -0.1) is 20.7 Å². The van der Waals surface area contributed by atoms with Gasteiger partial charge in [-0.3, -0.25) is 20.0 Å². The van der Waals surface area contributed by atoms with Crippen molar-refractivity contribution >= 4 is 78.2 Å². The van der Waals surface area contributed by atoms with Gasteiger partial charge in [0.2, 0.25) is 0 Å². The summed E-state index contributed by atoms with van der Waals surface area (Å²) in [5, 5.41) is 24.6. The Morgan fingerprint density at radius 2 is 0.766 bits per heavy atom. The molecule has 8 rings (SSSR count). The summed E-state index contributed by atoms with van der Waals surface area (Å²) in [6.07, 6.45) is 6.10. The van der Waals surface area contributed by atoms with Gasteiger partial charge in [-0.1, -0.05) is 97.1 Å². The van der Waals surface area contributed by atoms with Crippen LogP contribution in [0.2, 0.25) is 0 Å². The van der Waals surface area contributed by atoms with Crippen molar-refractivity contribution in [3.8, 4) is 0 Å². The molecule has 20 heteroatoms. The molecule has 0 unspecified atom stereocenters. The number of rotatable bonds is 14. The van der Waals surface area contributed by atoms with Gasteiger partial charge in [0.15, 0.2) is 11.7 Å². The predicted octanol–water partition coefficient (Wildman–Crippen LogP) is 7.40. The molecule has 6 aromatic rings. The van der Waals surface area contributed by atoms with Gasteiger partial charge >= 0.3 is 0 Å². The number of nitrogens with one attached hydrogen (secondary N) is 8. The number of benzene rings is 6. The van der Waals surface area contributed by atoms with Crippen LogP contribution >= 0.6 is 0 Å². The van der Waals surface area contributed by atoms with Crippen molar-refractivity contribution in [3.05, 3.63) is 193 Å². The summed E-state index contributed by atoms with van der Waals surface area (Å²) >= 11 is 0. The molecule has 0 aromatic heterocycles. The number of nitrogens with zero attached hydrogens (tertiary/aromatic N) is 4. The molecule has 6 aromatic carbocycles. The lowest BCUT2D eigenvalue weighted by atomic mass is 10.1. The predicted molar refractivity (Wildman–Crippen MR) is 250 cm³/mol. The molecule has 0 amide bonds. The summed E-state index contributed by atoms with van der Waals surface area (Å²) in [5.41, 5.74) is 15.7. The van der Waals surface area contributed by atoms with Crippen LogP contribution in [0.4, 0.5) is 34.1 Å². The van der Waals surface area contributed by atoms with Crippen LogP contribution in [0.3, 0.4) is 0 Å². The molecule has 64 heavy (non-hydrogen) atoms. The van der Waals surface area contributed by atoms with E-state index in [2.05, 4.69) is 53.2 Å². The minimum atomic E-state index is -4.83. The Labute approximate surface area is 368 Å². The van der Waals surface area contributed by atoms with E-state index in [0.29, 0.717) is 23.3 Å². The molecule has 10 N–H and O–H groups in total. The second-order valence-corrected chi connectivity index (χ2v) is 16.7. The van der Waals surface area contributed by atoms with Crippen molar-refractivity contribution in [1.29, 1.82) is 0 Å². The van der Waals surface area contributed by atoms with Gasteiger partial charge in [-0.05, 0) is 83.9 Å². The highest BCUT2D eigenvalue weighted by Crippen LogP contribution is 2.27. The maximum atomic E-state index is 12.8. The summed E-state index contributed by atoms with van der Waals surface area (Å²) in [6.45, 7) is 0. The second kappa shape index (κ2) is 18.8. The van der Waals surface area contributed by atoms with Crippen molar-refractivity contribution in [2.75, 3.05) is 32.1 Å². The van der Waals surface area contributed by atoms with Crippen LogP contribution < -0.4 is 43.0 Å². The first-order valence-corrected chi connectivity index (χ1v) is 22.2. The standard InChI is InChI=1S/C44H40N12O6S2/c57-63(58,59)39-27-37(49-55-51-41(45-33-13-5-1-6-14-33)29-42(52-55)46-34-15-7-2-8-16-34)25-23-31(39)21-22-32-24-26-38(28-40(32)64(60,61)62)50-56-53-43(47-35-17-9-3-10-18-35)30-44(54-56)48-36-19-11-4-12-20-36/h1-30,45,47,49-51,53H,(H,46,52)(H,48,54)(H,57,58,59)(H,60,61,62). The number of anilines is 6. The monoisotopic (exact) mass is 896 g/mol. The Hall–Kier alpha value is -8.30. The molecule has 2 heterocycles. The summed E-state index contributed by atoms with van der Waals surface area (Å²) in [4.78, 5) is -0.992. The minimum absolute atomic E-state index is 0.0138. The van der Waals surface area contributed by atoms with E-state index < -0.39 is 30.0 Å². The Morgan fingerprint density at radius 1 is 0.438 bits per heavy atom. The normalized spacial score (nSPS) is 13.9. The zero-order chi connectivity index (χ0) is 44.5. The van der Waals surface area contributed by atoms with E-state index in [0.717, 1.165) is 22.7 Å². The van der Waals surface area contributed by atoms with Gasteiger partial charge in [-0.25, -0.2) is 10.9 Å².